The van der Waals surface area contributed by atoms with Crippen LogP contribution in [0.5, 0.6) is 11.5 Å². The minimum absolute atomic E-state index is 0.154. The zero-order valence-corrected chi connectivity index (χ0v) is 25.1. The summed E-state index contributed by atoms with van der Waals surface area (Å²) in [5.41, 5.74) is 2.78. The molecule has 5 unspecified atom stereocenters. The molecule has 0 radical (unpaired) electrons. The lowest BCUT2D eigenvalue weighted by Crippen LogP contribution is -2.46. The monoisotopic (exact) mass is 538 g/mol. The number of fused-ring (bicyclic) bond motifs is 5. The van der Waals surface area contributed by atoms with Crippen LogP contribution < -0.4 is 14.8 Å². The summed E-state index contributed by atoms with van der Waals surface area (Å²) < 4.78 is 11.8. The summed E-state index contributed by atoms with van der Waals surface area (Å²) in [6.07, 6.45) is 8.76. The van der Waals surface area contributed by atoms with Crippen molar-refractivity contribution in [1.29, 1.82) is 0 Å². The van der Waals surface area contributed by atoms with Crippen LogP contribution in [-0.2, 0) is 11.2 Å². The van der Waals surface area contributed by atoms with Crippen LogP contribution in [-0.4, -0.2) is 49.6 Å². The SMILES string of the molecule is CCNC1CCN(C(=O)Oc2cc3c(cc2OC)C2CCC4(C)C(=O)CCC4C2C(CCC(C)(C)C)C3)CC1. The molecule has 3 fully saturated rings. The third-order valence-electron chi connectivity index (χ3n) is 10.6. The van der Waals surface area contributed by atoms with E-state index in [1.807, 2.05) is 4.90 Å². The van der Waals surface area contributed by atoms with E-state index in [2.05, 4.69) is 52.1 Å². The molecule has 5 atom stereocenters. The first kappa shape index (κ1) is 28.4. The number of ether oxygens (including phenoxy) is 2. The van der Waals surface area contributed by atoms with Gasteiger partial charge in [-0.15, -0.1) is 0 Å². The summed E-state index contributed by atoms with van der Waals surface area (Å²) in [7, 11) is 1.67. The standard InChI is InChI=1S/C33H50N2O4/c1-7-34-23-12-16-35(17-13-23)31(37)39-28-19-22-18-21(10-14-32(2,3)4)30-24(25(22)20-27(28)38-6)11-15-33(5)26(30)8-9-29(33)36/h19-21,23-24,26,30,34H,7-18H2,1-6H3. The fourth-order valence-corrected chi connectivity index (χ4v) is 8.41. The molecule has 3 aliphatic carbocycles. The molecule has 5 rings (SSSR count). The molecule has 4 aliphatic rings. The average molecular weight is 539 g/mol. The maximum absolute atomic E-state index is 13.2. The van der Waals surface area contributed by atoms with Crippen molar-refractivity contribution in [2.24, 2.45) is 28.6 Å². The number of likely N-dealkylation sites (tertiary alicyclic amines) is 1. The predicted molar refractivity (Wildman–Crippen MR) is 154 cm³/mol. The van der Waals surface area contributed by atoms with Crippen LogP contribution in [0.1, 0.15) is 103 Å². The van der Waals surface area contributed by atoms with Crippen LogP contribution >= 0.6 is 0 Å². The lowest BCUT2D eigenvalue weighted by molar-refractivity contribution is -0.130. The second kappa shape index (κ2) is 11.1. The van der Waals surface area contributed by atoms with Crippen molar-refractivity contribution >= 4 is 11.9 Å². The van der Waals surface area contributed by atoms with Gasteiger partial charge in [-0.2, -0.15) is 0 Å². The maximum atomic E-state index is 13.2. The normalized spacial score (nSPS) is 30.9. The molecule has 0 bridgehead atoms. The van der Waals surface area contributed by atoms with Crippen LogP contribution in [0.2, 0.25) is 0 Å². The van der Waals surface area contributed by atoms with Gasteiger partial charge in [-0.1, -0.05) is 34.6 Å². The van der Waals surface area contributed by atoms with Gasteiger partial charge in [0, 0.05) is 31.0 Å². The second-order valence-corrected chi connectivity index (χ2v) is 14.2. The van der Waals surface area contributed by atoms with Crippen LogP contribution in [0.4, 0.5) is 4.79 Å². The van der Waals surface area contributed by atoms with Gasteiger partial charge in [0.05, 0.1) is 7.11 Å². The Morgan fingerprint density at radius 3 is 2.54 bits per heavy atom. The number of rotatable bonds is 6. The Hall–Kier alpha value is -2.08. The van der Waals surface area contributed by atoms with E-state index in [1.165, 1.54) is 24.0 Å². The quantitative estimate of drug-likeness (QED) is 0.434. The van der Waals surface area contributed by atoms with E-state index < -0.39 is 0 Å². The summed E-state index contributed by atoms with van der Waals surface area (Å²) in [5.74, 6) is 3.65. The topological polar surface area (TPSA) is 67.9 Å². The fraction of sp³-hybridized carbons (Fsp3) is 0.758. The van der Waals surface area contributed by atoms with Gasteiger partial charge in [0.1, 0.15) is 5.78 Å². The summed E-state index contributed by atoms with van der Waals surface area (Å²) in [4.78, 5) is 28.0. The molecule has 0 spiro atoms. The van der Waals surface area contributed by atoms with E-state index in [1.54, 1.807) is 7.11 Å². The van der Waals surface area contributed by atoms with E-state index in [4.69, 9.17) is 9.47 Å². The fourth-order valence-electron chi connectivity index (χ4n) is 8.41. The first-order valence-corrected chi connectivity index (χ1v) is 15.5. The van der Waals surface area contributed by atoms with Crippen LogP contribution in [0.15, 0.2) is 12.1 Å². The largest absolute Gasteiger partial charge is 0.493 e. The number of carbonyl (C=O) groups excluding carboxylic acids is 2. The number of carbonyl (C=O) groups is 2. The molecule has 1 aliphatic heterocycles. The molecule has 1 aromatic carbocycles. The first-order chi connectivity index (χ1) is 18.5. The number of methoxy groups -OCH3 is 1. The lowest BCUT2D eigenvalue weighted by atomic mass is 9.52. The van der Waals surface area contributed by atoms with Gasteiger partial charge in [0.15, 0.2) is 11.5 Å². The molecule has 6 heteroatoms. The van der Waals surface area contributed by atoms with E-state index in [-0.39, 0.29) is 16.9 Å². The van der Waals surface area contributed by atoms with E-state index in [0.717, 1.165) is 51.5 Å². The number of piperidine rings is 1. The van der Waals surface area contributed by atoms with Gasteiger partial charge in [-0.25, -0.2) is 4.79 Å². The molecule has 0 aromatic heterocycles. The average Bonchev–Trinajstić information content (AvgIpc) is 3.21. The Morgan fingerprint density at radius 1 is 1.13 bits per heavy atom. The van der Waals surface area contributed by atoms with Crippen LogP contribution in [0, 0.1) is 28.6 Å². The Bertz CT molecular complexity index is 1070. The van der Waals surface area contributed by atoms with Crippen LogP contribution in [0.3, 0.4) is 0 Å². The third kappa shape index (κ3) is 5.60. The number of hydrogen-bond acceptors (Lipinski definition) is 5. The molecular weight excluding hydrogens is 488 g/mol. The highest BCUT2D eigenvalue weighted by molar-refractivity contribution is 5.87. The van der Waals surface area contributed by atoms with Crippen molar-refractivity contribution in [2.75, 3.05) is 26.7 Å². The number of amides is 1. The molecule has 216 valence electrons. The number of nitrogens with one attached hydrogen (secondary N) is 1. The van der Waals surface area contributed by atoms with Gasteiger partial charge in [0.2, 0.25) is 0 Å². The van der Waals surface area contributed by atoms with Crippen LogP contribution in [0.25, 0.3) is 0 Å². The van der Waals surface area contributed by atoms with Crippen molar-refractivity contribution in [3.05, 3.63) is 23.3 Å². The van der Waals surface area contributed by atoms with E-state index >= 15 is 0 Å². The van der Waals surface area contributed by atoms with Crippen molar-refractivity contribution in [1.82, 2.24) is 10.2 Å². The van der Waals surface area contributed by atoms with E-state index in [9.17, 15) is 9.59 Å². The second-order valence-electron chi connectivity index (χ2n) is 14.2. The summed E-state index contributed by atoms with van der Waals surface area (Å²) in [5, 5.41) is 3.49. The van der Waals surface area contributed by atoms with Gasteiger partial charge >= 0.3 is 6.09 Å². The van der Waals surface area contributed by atoms with E-state index in [0.29, 0.717) is 60.1 Å². The van der Waals surface area contributed by atoms with Crippen molar-refractivity contribution in [2.45, 2.75) is 104 Å². The van der Waals surface area contributed by atoms with Gasteiger partial charge in [-0.05, 0) is 110 Å². The van der Waals surface area contributed by atoms with Gasteiger partial charge in [0.25, 0.3) is 0 Å². The predicted octanol–water partition coefficient (Wildman–Crippen LogP) is 6.75. The number of Topliss-reactive ketones (excluding diaryl/α,β-unsaturated/α-hetero) is 1. The molecule has 1 N–H and O–H groups in total. The highest BCUT2D eigenvalue weighted by Gasteiger charge is 2.56. The zero-order chi connectivity index (χ0) is 27.9. The number of ketones is 1. The lowest BCUT2D eigenvalue weighted by Gasteiger charge is -2.52. The minimum Gasteiger partial charge on any atom is -0.493 e. The molecule has 1 saturated heterocycles. The first-order valence-electron chi connectivity index (χ1n) is 15.5. The molecule has 1 aromatic rings. The summed E-state index contributed by atoms with van der Waals surface area (Å²) in [6, 6.07) is 4.74. The van der Waals surface area contributed by atoms with Crippen molar-refractivity contribution in [3.8, 4) is 11.5 Å². The molecule has 39 heavy (non-hydrogen) atoms. The highest BCUT2D eigenvalue weighted by Crippen LogP contribution is 2.62. The summed E-state index contributed by atoms with van der Waals surface area (Å²) >= 11 is 0. The Balaban J connectivity index is 1.41. The zero-order valence-electron chi connectivity index (χ0n) is 25.1. The minimum atomic E-state index is -0.279. The molecule has 2 saturated carbocycles. The smallest absolute Gasteiger partial charge is 0.415 e. The van der Waals surface area contributed by atoms with Gasteiger partial charge < -0.3 is 19.7 Å². The Morgan fingerprint density at radius 2 is 1.87 bits per heavy atom. The highest BCUT2D eigenvalue weighted by atomic mass is 16.6. The molecule has 1 amide bonds. The van der Waals surface area contributed by atoms with Crippen molar-refractivity contribution < 1.29 is 19.1 Å². The summed E-state index contributed by atoms with van der Waals surface area (Å²) in [6.45, 7) is 13.7. The maximum Gasteiger partial charge on any atom is 0.415 e. The number of hydrogen-bond donors (Lipinski definition) is 1. The number of benzene rings is 1. The molecular formula is C33H50N2O4. The third-order valence-corrected chi connectivity index (χ3v) is 10.6. The molecule has 6 nitrogen and oxygen atoms in total. The van der Waals surface area contributed by atoms with Gasteiger partial charge in [-0.3, -0.25) is 4.79 Å². The molecule has 1 heterocycles. The number of nitrogens with zero attached hydrogens (tertiary/aromatic N) is 1. The Labute approximate surface area is 235 Å². The van der Waals surface area contributed by atoms with Crippen molar-refractivity contribution in [3.63, 3.8) is 0 Å². The Kier molecular flexibility index (Phi) is 8.07.